The first-order chi connectivity index (χ1) is 11.1. The van der Waals surface area contributed by atoms with E-state index in [1.807, 2.05) is 0 Å². The fraction of sp³-hybridized carbons (Fsp3) is 0.118. The molecule has 0 N–H and O–H groups in total. The van der Waals surface area contributed by atoms with Crippen LogP contribution in [0.25, 0.3) is 6.08 Å². The van der Waals surface area contributed by atoms with Gasteiger partial charge < -0.3 is 14.2 Å². The molecule has 0 aromatic heterocycles. The number of ether oxygens (including phenoxy) is 3. The largest absolute Gasteiger partial charge is 0.493 e. The molecule has 3 rings (SSSR count). The van der Waals surface area contributed by atoms with Crippen molar-refractivity contribution < 1.29 is 27.8 Å². The van der Waals surface area contributed by atoms with Gasteiger partial charge in [0.1, 0.15) is 11.6 Å². The highest BCUT2D eigenvalue weighted by molar-refractivity contribution is 6.07. The van der Waals surface area contributed by atoms with E-state index in [1.165, 1.54) is 19.3 Å². The van der Waals surface area contributed by atoms with Crippen molar-refractivity contribution in [1.29, 1.82) is 0 Å². The molecule has 23 heavy (non-hydrogen) atoms. The fourth-order valence-electron chi connectivity index (χ4n) is 2.23. The third kappa shape index (κ3) is 2.88. The van der Waals surface area contributed by atoms with Crippen molar-refractivity contribution in [3.8, 4) is 17.2 Å². The lowest BCUT2D eigenvalue weighted by molar-refractivity contribution is 0.104. The Hall–Kier alpha value is -2.89. The summed E-state index contributed by atoms with van der Waals surface area (Å²) in [6.45, 7) is 0.0816. The van der Waals surface area contributed by atoms with Crippen molar-refractivity contribution in [3.63, 3.8) is 0 Å². The van der Waals surface area contributed by atoms with E-state index in [9.17, 15) is 13.6 Å². The van der Waals surface area contributed by atoms with Crippen molar-refractivity contribution in [1.82, 2.24) is 0 Å². The number of carbonyl (C=O) groups excluding carboxylic acids is 1. The molecule has 0 bridgehead atoms. The average Bonchev–Trinajstić information content (AvgIpc) is 3.00. The Morgan fingerprint density at radius 1 is 1.22 bits per heavy atom. The summed E-state index contributed by atoms with van der Waals surface area (Å²) in [6.07, 6.45) is 2.52. The van der Waals surface area contributed by atoms with Crippen molar-refractivity contribution >= 4 is 11.9 Å². The van der Waals surface area contributed by atoms with Crippen LogP contribution in [0.5, 0.6) is 17.2 Å². The van der Waals surface area contributed by atoms with E-state index in [4.69, 9.17) is 14.2 Å². The number of benzene rings is 2. The lowest BCUT2D eigenvalue weighted by Crippen LogP contribution is -2.02. The van der Waals surface area contributed by atoms with Crippen LogP contribution in [0.3, 0.4) is 0 Å². The lowest BCUT2D eigenvalue weighted by atomic mass is 10.1. The summed E-state index contributed by atoms with van der Waals surface area (Å²) in [5, 5.41) is 0. The molecule has 1 aliphatic heterocycles. The normalized spacial score (nSPS) is 12.7. The van der Waals surface area contributed by atoms with E-state index >= 15 is 0 Å². The van der Waals surface area contributed by atoms with E-state index in [2.05, 4.69) is 0 Å². The van der Waals surface area contributed by atoms with Crippen LogP contribution in [0.4, 0.5) is 8.78 Å². The van der Waals surface area contributed by atoms with Gasteiger partial charge in [0, 0.05) is 0 Å². The summed E-state index contributed by atoms with van der Waals surface area (Å²) in [6, 6.07) is 6.55. The van der Waals surface area contributed by atoms with E-state index in [-0.39, 0.29) is 6.79 Å². The van der Waals surface area contributed by atoms with Crippen LogP contribution in [0.15, 0.2) is 36.4 Å². The number of ketones is 1. The van der Waals surface area contributed by atoms with Crippen molar-refractivity contribution in [2.45, 2.75) is 0 Å². The second kappa shape index (κ2) is 6.08. The van der Waals surface area contributed by atoms with Gasteiger partial charge in [0.05, 0.1) is 12.7 Å². The van der Waals surface area contributed by atoms with Gasteiger partial charge in [0.2, 0.25) is 12.5 Å². The molecule has 2 aromatic rings. The zero-order valence-electron chi connectivity index (χ0n) is 12.1. The number of rotatable bonds is 4. The van der Waals surface area contributed by atoms with Crippen LogP contribution in [0.2, 0.25) is 0 Å². The Morgan fingerprint density at radius 3 is 2.65 bits per heavy atom. The van der Waals surface area contributed by atoms with Gasteiger partial charge in [-0.05, 0) is 35.9 Å². The summed E-state index contributed by atoms with van der Waals surface area (Å²) in [7, 11) is 1.48. The molecular weight excluding hydrogens is 306 g/mol. The number of halogens is 2. The molecule has 0 amide bonds. The molecule has 1 heterocycles. The topological polar surface area (TPSA) is 44.8 Å². The van der Waals surface area contributed by atoms with Crippen LogP contribution in [0, 0.1) is 11.6 Å². The Bertz CT molecular complexity index is 779. The second-order valence-electron chi connectivity index (χ2n) is 4.75. The summed E-state index contributed by atoms with van der Waals surface area (Å²) in [5.41, 5.74) is -0.00680. The highest BCUT2D eigenvalue weighted by Crippen LogP contribution is 2.42. The lowest BCUT2D eigenvalue weighted by Gasteiger charge is -2.05. The van der Waals surface area contributed by atoms with Crippen LogP contribution < -0.4 is 14.2 Å². The van der Waals surface area contributed by atoms with Gasteiger partial charge in [0.15, 0.2) is 17.3 Å². The Morgan fingerprint density at radius 2 is 1.96 bits per heavy atom. The monoisotopic (exact) mass is 318 g/mol. The SMILES string of the molecule is COc1cc(/C=C/C(=O)c2c(F)cccc2F)cc2c1OCO2. The van der Waals surface area contributed by atoms with Gasteiger partial charge in [-0.25, -0.2) is 8.78 Å². The summed E-state index contributed by atoms with van der Waals surface area (Å²) in [5.74, 6) is -1.16. The van der Waals surface area contributed by atoms with Gasteiger partial charge in [0.25, 0.3) is 0 Å². The minimum Gasteiger partial charge on any atom is -0.493 e. The van der Waals surface area contributed by atoms with E-state index in [0.717, 1.165) is 18.2 Å². The first-order valence-electron chi connectivity index (χ1n) is 6.74. The first-order valence-corrected chi connectivity index (χ1v) is 6.74. The van der Waals surface area contributed by atoms with Crippen molar-refractivity contribution in [2.75, 3.05) is 13.9 Å². The second-order valence-corrected chi connectivity index (χ2v) is 4.75. The zero-order chi connectivity index (χ0) is 16.4. The molecule has 0 aliphatic carbocycles. The smallest absolute Gasteiger partial charge is 0.231 e. The maximum atomic E-state index is 13.6. The third-order valence-electron chi connectivity index (χ3n) is 3.32. The number of carbonyl (C=O) groups is 1. The predicted octanol–water partition coefficient (Wildman–Crippen LogP) is 3.60. The quantitative estimate of drug-likeness (QED) is 0.638. The summed E-state index contributed by atoms with van der Waals surface area (Å²) >= 11 is 0. The Labute approximate surface area is 130 Å². The first kappa shape index (κ1) is 15.0. The van der Waals surface area contributed by atoms with Crippen molar-refractivity contribution in [2.24, 2.45) is 0 Å². The molecule has 0 fully saturated rings. The molecule has 6 heteroatoms. The molecule has 0 saturated heterocycles. The predicted molar refractivity (Wildman–Crippen MR) is 78.8 cm³/mol. The number of methoxy groups -OCH3 is 1. The third-order valence-corrected chi connectivity index (χ3v) is 3.32. The van der Waals surface area contributed by atoms with E-state index in [0.29, 0.717) is 22.8 Å². The molecule has 118 valence electrons. The molecule has 2 aromatic carbocycles. The Kier molecular flexibility index (Phi) is 3.97. The minimum absolute atomic E-state index is 0.0816. The fourth-order valence-corrected chi connectivity index (χ4v) is 2.23. The van der Waals surface area contributed by atoms with Gasteiger partial charge in [-0.15, -0.1) is 0 Å². The maximum absolute atomic E-state index is 13.6. The molecule has 0 radical (unpaired) electrons. The zero-order valence-corrected chi connectivity index (χ0v) is 12.1. The number of fused-ring (bicyclic) bond motifs is 1. The van der Waals surface area contributed by atoms with Gasteiger partial charge in [-0.1, -0.05) is 12.1 Å². The number of hydrogen-bond donors (Lipinski definition) is 0. The maximum Gasteiger partial charge on any atom is 0.231 e. The highest BCUT2D eigenvalue weighted by Gasteiger charge is 2.20. The van der Waals surface area contributed by atoms with E-state index in [1.54, 1.807) is 12.1 Å². The molecule has 0 atom stereocenters. The number of allylic oxidation sites excluding steroid dienone is 1. The average molecular weight is 318 g/mol. The van der Waals surface area contributed by atoms with Crippen LogP contribution in [-0.2, 0) is 0 Å². The summed E-state index contributed by atoms with van der Waals surface area (Å²) in [4.78, 5) is 12.0. The molecule has 0 saturated carbocycles. The molecular formula is C17H12F2O4. The molecule has 4 nitrogen and oxygen atoms in total. The molecule has 1 aliphatic rings. The van der Waals surface area contributed by atoms with Gasteiger partial charge in [-0.2, -0.15) is 0 Å². The van der Waals surface area contributed by atoms with E-state index < -0.39 is 23.0 Å². The van der Waals surface area contributed by atoms with Crippen molar-refractivity contribution in [3.05, 3.63) is 59.2 Å². The van der Waals surface area contributed by atoms with Crippen LogP contribution in [0.1, 0.15) is 15.9 Å². The minimum atomic E-state index is -0.900. The Balaban J connectivity index is 1.90. The molecule has 0 spiro atoms. The highest BCUT2D eigenvalue weighted by atomic mass is 19.1. The number of hydrogen-bond acceptors (Lipinski definition) is 4. The summed E-state index contributed by atoms with van der Waals surface area (Å²) < 4.78 is 42.9. The van der Waals surface area contributed by atoms with Crippen LogP contribution >= 0.6 is 0 Å². The van der Waals surface area contributed by atoms with Crippen LogP contribution in [-0.4, -0.2) is 19.7 Å². The van der Waals surface area contributed by atoms with Gasteiger partial charge >= 0.3 is 0 Å². The molecule has 0 unspecified atom stereocenters. The standard InChI is InChI=1S/C17H12F2O4/c1-21-14-7-10(8-15-17(14)23-9-22-15)5-6-13(20)16-11(18)3-2-4-12(16)19/h2-8H,9H2,1H3/b6-5+. The van der Waals surface area contributed by atoms with Gasteiger partial charge in [-0.3, -0.25) is 4.79 Å².